The summed E-state index contributed by atoms with van der Waals surface area (Å²) in [5, 5.41) is 0. The maximum absolute atomic E-state index is 13.6. The minimum Gasteiger partial charge on any atom is -0.324 e. The van der Waals surface area contributed by atoms with E-state index < -0.39 is 0 Å². The average molecular weight is 264 g/mol. The SMILES string of the molecule is NC(CCN1CCCCCCC1)c1ccccc1F. The predicted molar refractivity (Wildman–Crippen MR) is 77.5 cm³/mol. The number of hydrogen-bond donors (Lipinski definition) is 1. The maximum atomic E-state index is 13.6. The molecule has 0 spiro atoms. The van der Waals surface area contributed by atoms with E-state index in [2.05, 4.69) is 4.90 Å². The van der Waals surface area contributed by atoms with Crippen molar-refractivity contribution in [2.45, 2.75) is 44.6 Å². The zero-order chi connectivity index (χ0) is 13.5. The summed E-state index contributed by atoms with van der Waals surface area (Å²) >= 11 is 0. The van der Waals surface area contributed by atoms with Crippen LogP contribution in [0.15, 0.2) is 24.3 Å². The molecule has 0 aliphatic carbocycles. The molecule has 2 N–H and O–H groups in total. The van der Waals surface area contributed by atoms with Crippen LogP contribution in [0.1, 0.15) is 50.1 Å². The maximum Gasteiger partial charge on any atom is 0.127 e. The van der Waals surface area contributed by atoms with E-state index in [1.54, 1.807) is 12.1 Å². The summed E-state index contributed by atoms with van der Waals surface area (Å²) in [6.07, 6.45) is 7.47. The molecule has 0 amide bonds. The van der Waals surface area contributed by atoms with Crippen LogP contribution in [0.2, 0.25) is 0 Å². The Morgan fingerprint density at radius 1 is 1.05 bits per heavy atom. The zero-order valence-corrected chi connectivity index (χ0v) is 11.7. The van der Waals surface area contributed by atoms with E-state index in [1.165, 1.54) is 51.3 Å². The first kappa shape index (κ1) is 14.5. The van der Waals surface area contributed by atoms with Crippen molar-refractivity contribution >= 4 is 0 Å². The molecule has 1 aromatic carbocycles. The van der Waals surface area contributed by atoms with Crippen molar-refractivity contribution in [1.29, 1.82) is 0 Å². The highest BCUT2D eigenvalue weighted by molar-refractivity contribution is 5.20. The van der Waals surface area contributed by atoms with Gasteiger partial charge in [0.2, 0.25) is 0 Å². The topological polar surface area (TPSA) is 29.3 Å². The second kappa shape index (κ2) is 7.61. The number of nitrogens with zero attached hydrogens (tertiary/aromatic N) is 1. The third-order valence-corrected chi connectivity index (χ3v) is 4.01. The molecule has 1 aliphatic heterocycles. The van der Waals surface area contributed by atoms with E-state index in [9.17, 15) is 4.39 Å². The molecular weight excluding hydrogens is 239 g/mol. The Kier molecular flexibility index (Phi) is 5.80. The van der Waals surface area contributed by atoms with Crippen LogP contribution in [0.5, 0.6) is 0 Å². The summed E-state index contributed by atoms with van der Waals surface area (Å²) in [4.78, 5) is 2.49. The fraction of sp³-hybridized carbons (Fsp3) is 0.625. The van der Waals surface area contributed by atoms with Crippen molar-refractivity contribution in [2.24, 2.45) is 5.73 Å². The second-order valence-corrected chi connectivity index (χ2v) is 5.53. The summed E-state index contributed by atoms with van der Waals surface area (Å²) in [5.41, 5.74) is 6.76. The van der Waals surface area contributed by atoms with Gasteiger partial charge in [-0.1, -0.05) is 37.5 Å². The normalized spacial score (nSPS) is 19.7. The molecule has 2 nitrogen and oxygen atoms in total. The van der Waals surface area contributed by atoms with Gasteiger partial charge < -0.3 is 10.6 Å². The summed E-state index contributed by atoms with van der Waals surface area (Å²) in [6, 6.07) is 6.67. The molecule has 0 aromatic heterocycles. The van der Waals surface area contributed by atoms with Gasteiger partial charge in [-0.25, -0.2) is 4.39 Å². The van der Waals surface area contributed by atoms with Crippen molar-refractivity contribution in [3.63, 3.8) is 0 Å². The fourth-order valence-corrected chi connectivity index (χ4v) is 2.79. The molecule has 19 heavy (non-hydrogen) atoms. The molecule has 1 atom stereocenters. The first-order valence-electron chi connectivity index (χ1n) is 7.50. The Morgan fingerprint density at radius 3 is 2.37 bits per heavy atom. The summed E-state index contributed by atoms with van der Waals surface area (Å²) in [6.45, 7) is 3.32. The highest BCUT2D eigenvalue weighted by Gasteiger charge is 2.13. The van der Waals surface area contributed by atoms with Gasteiger partial charge in [0.15, 0.2) is 0 Å². The number of likely N-dealkylation sites (tertiary alicyclic amines) is 1. The van der Waals surface area contributed by atoms with Crippen LogP contribution in [-0.4, -0.2) is 24.5 Å². The molecule has 1 heterocycles. The van der Waals surface area contributed by atoms with E-state index in [-0.39, 0.29) is 11.9 Å². The van der Waals surface area contributed by atoms with Gasteiger partial charge in [0.25, 0.3) is 0 Å². The third-order valence-electron chi connectivity index (χ3n) is 4.01. The number of halogens is 1. The molecule has 106 valence electrons. The van der Waals surface area contributed by atoms with E-state index in [0.717, 1.165) is 13.0 Å². The van der Waals surface area contributed by atoms with Crippen LogP contribution in [0.25, 0.3) is 0 Å². The third kappa shape index (κ3) is 4.59. The van der Waals surface area contributed by atoms with E-state index >= 15 is 0 Å². The van der Waals surface area contributed by atoms with Crippen LogP contribution < -0.4 is 5.73 Å². The van der Waals surface area contributed by atoms with Crippen molar-refractivity contribution in [1.82, 2.24) is 4.90 Å². The first-order chi connectivity index (χ1) is 9.27. The Balaban J connectivity index is 1.82. The molecular formula is C16H25FN2. The highest BCUT2D eigenvalue weighted by atomic mass is 19.1. The van der Waals surface area contributed by atoms with E-state index in [1.807, 2.05) is 6.07 Å². The standard InChI is InChI=1S/C16H25FN2/c17-15-9-5-4-8-14(15)16(18)10-13-19-11-6-2-1-3-7-12-19/h4-5,8-9,16H,1-3,6-7,10-13,18H2. The highest BCUT2D eigenvalue weighted by Crippen LogP contribution is 2.19. The Morgan fingerprint density at radius 2 is 1.68 bits per heavy atom. The Hall–Kier alpha value is -0.930. The lowest BCUT2D eigenvalue weighted by Gasteiger charge is -2.25. The van der Waals surface area contributed by atoms with Gasteiger partial charge in [-0.2, -0.15) is 0 Å². The number of nitrogens with two attached hydrogens (primary N) is 1. The van der Waals surface area contributed by atoms with Gasteiger partial charge in [0, 0.05) is 11.6 Å². The van der Waals surface area contributed by atoms with Crippen LogP contribution in [0, 0.1) is 5.82 Å². The molecule has 1 aromatic rings. The fourth-order valence-electron chi connectivity index (χ4n) is 2.79. The summed E-state index contributed by atoms with van der Waals surface area (Å²) < 4.78 is 13.6. The number of benzene rings is 1. The van der Waals surface area contributed by atoms with Gasteiger partial charge in [-0.15, -0.1) is 0 Å². The van der Waals surface area contributed by atoms with Gasteiger partial charge in [0.1, 0.15) is 5.82 Å². The van der Waals surface area contributed by atoms with Crippen LogP contribution in [0.4, 0.5) is 4.39 Å². The molecule has 0 saturated carbocycles. The zero-order valence-electron chi connectivity index (χ0n) is 11.7. The van der Waals surface area contributed by atoms with E-state index in [0.29, 0.717) is 5.56 Å². The molecule has 3 heteroatoms. The summed E-state index contributed by atoms with van der Waals surface area (Å²) in [5.74, 6) is -0.178. The van der Waals surface area contributed by atoms with Crippen molar-refractivity contribution < 1.29 is 4.39 Å². The van der Waals surface area contributed by atoms with Gasteiger partial charge in [-0.3, -0.25) is 0 Å². The van der Waals surface area contributed by atoms with Crippen molar-refractivity contribution in [3.8, 4) is 0 Å². The quantitative estimate of drug-likeness (QED) is 0.902. The second-order valence-electron chi connectivity index (χ2n) is 5.53. The number of hydrogen-bond acceptors (Lipinski definition) is 2. The van der Waals surface area contributed by atoms with Crippen molar-refractivity contribution in [2.75, 3.05) is 19.6 Å². The van der Waals surface area contributed by atoms with Crippen LogP contribution >= 0.6 is 0 Å². The predicted octanol–water partition coefficient (Wildman–Crippen LogP) is 3.48. The molecule has 1 aliphatic rings. The molecule has 1 saturated heterocycles. The number of rotatable bonds is 4. The minimum atomic E-state index is -0.188. The minimum absolute atomic E-state index is 0.178. The van der Waals surface area contributed by atoms with E-state index in [4.69, 9.17) is 5.73 Å². The molecule has 0 radical (unpaired) electrons. The summed E-state index contributed by atoms with van der Waals surface area (Å²) in [7, 11) is 0. The molecule has 1 unspecified atom stereocenters. The lowest BCUT2D eigenvalue weighted by atomic mass is 10.0. The Labute approximate surface area is 115 Å². The first-order valence-corrected chi connectivity index (χ1v) is 7.50. The molecule has 2 rings (SSSR count). The van der Waals surface area contributed by atoms with Gasteiger partial charge in [0.05, 0.1) is 0 Å². The Bertz CT molecular complexity index is 373. The molecule has 1 fully saturated rings. The van der Waals surface area contributed by atoms with Crippen LogP contribution in [0.3, 0.4) is 0 Å². The van der Waals surface area contributed by atoms with Gasteiger partial charge in [-0.05, 0) is 45.0 Å². The van der Waals surface area contributed by atoms with Gasteiger partial charge >= 0.3 is 0 Å². The average Bonchev–Trinajstić information content (AvgIpc) is 2.37. The monoisotopic (exact) mass is 264 g/mol. The molecule has 0 bridgehead atoms. The lowest BCUT2D eigenvalue weighted by Crippen LogP contribution is -2.30. The smallest absolute Gasteiger partial charge is 0.127 e. The van der Waals surface area contributed by atoms with Crippen molar-refractivity contribution in [3.05, 3.63) is 35.6 Å². The largest absolute Gasteiger partial charge is 0.324 e. The van der Waals surface area contributed by atoms with Crippen LogP contribution in [-0.2, 0) is 0 Å². The lowest BCUT2D eigenvalue weighted by molar-refractivity contribution is 0.238.